The molecule has 5 nitrogen and oxygen atoms in total. The second-order valence-electron chi connectivity index (χ2n) is 7.75. The average Bonchev–Trinajstić information content (AvgIpc) is 2.79. The number of halogens is 2. The van der Waals surface area contributed by atoms with Gasteiger partial charge in [0.1, 0.15) is 17.3 Å². The maximum atomic E-state index is 13.9. The molecule has 33 heavy (non-hydrogen) atoms. The van der Waals surface area contributed by atoms with Crippen molar-refractivity contribution in [2.45, 2.75) is 23.8 Å². The molecule has 0 aliphatic carbocycles. The minimum Gasteiger partial charge on any atom is -0.611 e. The molecule has 3 aromatic rings. The fraction of sp³-hybridized carbons (Fsp3) is 0.240. The lowest BCUT2D eigenvalue weighted by atomic mass is 9.91. The van der Waals surface area contributed by atoms with Crippen molar-refractivity contribution < 1.29 is 23.2 Å². The van der Waals surface area contributed by atoms with Gasteiger partial charge in [0.2, 0.25) is 5.91 Å². The lowest BCUT2D eigenvalue weighted by Crippen LogP contribution is -2.51. The zero-order valence-electron chi connectivity index (χ0n) is 18.0. The Hall–Kier alpha value is -2.58. The molecule has 1 aliphatic rings. The minimum atomic E-state index is -1.01. The summed E-state index contributed by atoms with van der Waals surface area (Å²) in [6.07, 6.45) is 0.208. The van der Waals surface area contributed by atoms with Gasteiger partial charge in [0.05, 0.1) is 24.7 Å². The van der Waals surface area contributed by atoms with Gasteiger partial charge in [-0.1, -0.05) is 29.8 Å². The van der Waals surface area contributed by atoms with E-state index in [0.717, 1.165) is 10.5 Å². The van der Waals surface area contributed by atoms with E-state index in [0.29, 0.717) is 36.0 Å². The van der Waals surface area contributed by atoms with Gasteiger partial charge < -0.3 is 19.3 Å². The molecule has 1 amide bonds. The molecule has 1 atom stereocenters. The van der Waals surface area contributed by atoms with Gasteiger partial charge in [-0.2, -0.15) is 0 Å². The summed E-state index contributed by atoms with van der Waals surface area (Å²) in [6.45, 7) is 2.47. The van der Waals surface area contributed by atoms with Gasteiger partial charge >= 0.3 is 0 Å². The number of amides is 1. The van der Waals surface area contributed by atoms with E-state index in [1.807, 2.05) is 19.1 Å². The highest BCUT2D eigenvalue weighted by atomic mass is 35.5. The molecule has 172 valence electrons. The largest absolute Gasteiger partial charge is 0.611 e. The Balaban J connectivity index is 1.37. The standard InChI is InChI=1S/C25H23ClFNO4S/c1-2-33(30)21-10-3-17(4-11-21)13-24(29)28-19-6-8-20(9-7-19)32-25(15-31-16-25)18-5-12-22(26)23(27)14-18/h3-12,14H,2,13,15-16H2,1H3,(H,28,29). The van der Waals surface area contributed by atoms with Crippen LogP contribution in [-0.4, -0.2) is 29.4 Å². The quantitative estimate of drug-likeness (QED) is 0.449. The van der Waals surface area contributed by atoms with Gasteiger partial charge in [-0.05, 0) is 72.2 Å². The fourth-order valence-corrected chi connectivity index (χ4v) is 4.39. The summed E-state index contributed by atoms with van der Waals surface area (Å²) in [7, 11) is 0. The van der Waals surface area contributed by atoms with E-state index >= 15 is 0 Å². The summed E-state index contributed by atoms with van der Waals surface area (Å²) in [5, 5.41) is 2.92. The molecular weight excluding hydrogens is 465 g/mol. The van der Waals surface area contributed by atoms with Crippen molar-refractivity contribution in [3.05, 3.63) is 88.7 Å². The molecule has 3 aromatic carbocycles. The summed E-state index contributed by atoms with van der Waals surface area (Å²) < 4.78 is 37.2. The van der Waals surface area contributed by atoms with Crippen LogP contribution in [0.4, 0.5) is 10.1 Å². The van der Waals surface area contributed by atoms with Crippen LogP contribution in [0.3, 0.4) is 0 Å². The first-order valence-corrected chi connectivity index (χ1v) is 12.2. The van der Waals surface area contributed by atoms with Crippen molar-refractivity contribution in [1.29, 1.82) is 0 Å². The van der Waals surface area contributed by atoms with E-state index in [1.165, 1.54) is 12.1 Å². The Morgan fingerprint density at radius 1 is 1.15 bits per heavy atom. The third kappa shape index (κ3) is 5.50. The maximum absolute atomic E-state index is 13.9. The van der Waals surface area contributed by atoms with E-state index < -0.39 is 22.6 Å². The maximum Gasteiger partial charge on any atom is 0.228 e. The second-order valence-corrected chi connectivity index (χ2v) is 9.89. The van der Waals surface area contributed by atoms with Crippen molar-refractivity contribution in [3.63, 3.8) is 0 Å². The molecule has 1 N–H and O–H groups in total. The number of carbonyl (C=O) groups is 1. The zero-order valence-corrected chi connectivity index (χ0v) is 19.5. The Morgan fingerprint density at radius 3 is 2.42 bits per heavy atom. The Morgan fingerprint density at radius 2 is 1.85 bits per heavy atom. The van der Waals surface area contributed by atoms with Crippen LogP contribution in [0.15, 0.2) is 71.6 Å². The lowest BCUT2D eigenvalue weighted by Gasteiger charge is -2.41. The molecule has 0 bridgehead atoms. The minimum absolute atomic E-state index is 0.0566. The Kier molecular flexibility index (Phi) is 7.24. The van der Waals surface area contributed by atoms with Crippen LogP contribution in [-0.2, 0) is 32.7 Å². The van der Waals surface area contributed by atoms with Crippen LogP contribution in [0.25, 0.3) is 0 Å². The van der Waals surface area contributed by atoms with Crippen molar-refractivity contribution in [3.8, 4) is 5.75 Å². The number of anilines is 1. The van der Waals surface area contributed by atoms with E-state index in [-0.39, 0.29) is 17.4 Å². The summed E-state index contributed by atoms with van der Waals surface area (Å²) in [6, 6.07) is 18.8. The van der Waals surface area contributed by atoms with Crippen molar-refractivity contribution in [2.75, 3.05) is 24.3 Å². The molecule has 8 heteroatoms. The Labute approximate surface area is 200 Å². The topological polar surface area (TPSA) is 70.6 Å². The first-order valence-electron chi connectivity index (χ1n) is 10.5. The number of ether oxygens (including phenoxy) is 2. The lowest BCUT2D eigenvalue weighted by molar-refractivity contribution is -0.168. The molecule has 1 aliphatic heterocycles. The normalized spacial score (nSPS) is 15.4. The van der Waals surface area contributed by atoms with Crippen LogP contribution < -0.4 is 10.1 Å². The summed E-state index contributed by atoms with van der Waals surface area (Å²) in [4.78, 5) is 13.2. The number of hydrogen-bond donors (Lipinski definition) is 1. The van der Waals surface area contributed by atoms with Gasteiger partial charge in [-0.15, -0.1) is 0 Å². The second kappa shape index (κ2) is 10.1. The van der Waals surface area contributed by atoms with Gasteiger partial charge in [-0.3, -0.25) is 4.79 Å². The molecule has 0 aromatic heterocycles. The fourth-order valence-electron chi connectivity index (χ4n) is 3.50. The Bertz CT molecular complexity index is 1120. The van der Waals surface area contributed by atoms with Crippen LogP contribution in [0.1, 0.15) is 18.1 Å². The van der Waals surface area contributed by atoms with Gasteiger partial charge in [0.25, 0.3) is 0 Å². The zero-order chi connectivity index (χ0) is 23.4. The predicted octanol–water partition coefficient (Wildman–Crippen LogP) is 5.09. The predicted molar refractivity (Wildman–Crippen MR) is 127 cm³/mol. The van der Waals surface area contributed by atoms with E-state index in [4.69, 9.17) is 21.1 Å². The molecule has 1 saturated heterocycles. The molecule has 1 heterocycles. The van der Waals surface area contributed by atoms with Gasteiger partial charge in [0.15, 0.2) is 10.5 Å². The highest BCUT2D eigenvalue weighted by Crippen LogP contribution is 2.36. The van der Waals surface area contributed by atoms with Crippen molar-refractivity contribution in [2.24, 2.45) is 0 Å². The van der Waals surface area contributed by atoms with Crippen LogP contribution in [0, 0.1) is 5.82 Å². The molecule has 4 rings (SSSR count). The first-order chi connectivity index (χ1) is 15.9. The third-order valence-electron chi connectivity index (χ3n) is 5.38. The van der Waals surface area contributed by atoms with Gasteiger partial charge in [0, 0.05) is 11.3 Å². The van der Waals surface area contributed by atoms with Crippen molar-refractivity contribution in [1.82, 2.24) is 0 Å². The number of carbonyl (C=O) groups excluding carboxylic acids is 1. The molecule has 0 radical (unpaired) electrons. The molecule has 1 fully saturated rings. The summed E-state index contributed by atoms with van der Waals surface area (Å²) in [5.41, 5.74) is 1.35. The number of hydrogen-bond acceptors (Lipinski definition) is 4. The highest BCUT2D eigenvalue weighted by Gasteiger charge is 2.43. The van der Waals surface area contributed by atoms with Crippen LogP contribution in [0.5, 0.6) is 5.75 Å². The van der Waals surface area contributed by atoms with E-state index in [1.54, 1.807) is 42.5 Å². The molecule has 0 spiro atoms. The number of rotatable bonds is 8. The SMILES string of the molecule is CC[S+]([O-])c1ccc(CC(=O)Nc2ccc(OC3(c4ccc(Cl)c(F)c4)COC3)cc2)cc1. The summed E-state index contributed by atoms with van der Waals surface area (Å²) in [5.74, 6) is 0.472. The number of nitrogens with one attached hydrogen (secondary N) is 1. The molecule has 1 unspecified atom stereocenters. The van der Waals surface area contributed by atoms with Crippen LogP contribution in [0.2, 0.25) is 5.02 Å². The molecule has 0 saturated carbocycles. The highest BCUT2D eigenvalue weighted by molar-refractivity contribution is 7.91. The van der Waals surface area contributed by atoms with Gasteiger partial charge in [-0.25, -0.2) is 4.39 Å². The number of benzene rings is 3. The third-order valence-corrected chi connectivity index (χ3v) is 7.01. The van der Waals surface area contributed by atoms with E-state index in [2.05, 4.69) is 5.32 Å². The smallest absolute Gasteiger partial charge is 0.228 e. The first kappa shape index (κ1) is 23.6. The van der Waals surface area contributed by atoms with Crippen molar-refractivity contribution >= 4 is 34.4 Å². The monoisotopic (exact) mass is 487 g/mol. The summed E-state index contributed by atoms with van der Waals surface area (Å²) >= 11 is 4.79. The average molecular weight is 488 g/mol. The van der Waals surface area contributed by atoms with Crippen LogP contribution >= 0.6 is 11.6 Å². The molecular formula is C25H23ClFNO4S. The van der Waals surface area contributed by atoms with E-state index in [9.17, 15) is 13.7 Å².